The Hall–Kier alpha value is -5.48. The van der Waals surface area contributed by atoms with Crippen LogP contribution < -0.4 is 0 Å². The monoisotopic (exact) mass is 538 g/mol. The first-order valence-electron chi connectivity index (χ1n) is 14.3. The van der Waals surface area contributed by atoms with Crippen molar-refractivity contribution >= 4 is 33.4 Å². The van der Waals surface area contributed by atoms with E-state index in [0.717, 1.165) is 57.1 Å². The molecule has 0 radical (unpaired) electrons. The molecule has 0 spiro atoms. The maximum Gasteiger partial charge on any atom is 0.164 e. The van der Waals surface area contributed by atoms with Crippen LogP contribution >= 0.6 is 0 Å². The molecule has 0 bridgehead atoms. The smallest absolute Gasteiger partial charge is 0.164 e. The zero-order valence-corrected chi connectivity index (χ0v) is 22.9. The van der Waals surface area contributed by atoms with E-state index in [1.54, 1.807) is 0 Å². The van der Waals surface area contributed by atoms with E-state index in [9.17, 15) is 0 Å². The molecular weight excluding hydrogens is 512 g/mol. The third-order valence-electron chi connectivity index (χ3n) is 7.99. The lowest BCUT2D eigenvalue weighted by molar-refractivity contribution is 1.03. The lowest BCUT2D eigenvalue weighted by Gasteiger charge is -2.14. The molecule has 0 saturated carbocycles. The van der Waals surface area contributed by atoms with Gasteiger partial charge in [0.25, 0.3) is 0 Å². The third-order valence-corrected chi connectivity index (χ3v) is 7.99. The molecule has 42 heavy (non-hydrogen) atoms. The van der Waals surface area contributed by atoms with Crippen LogP contribution in [0.25, 0.3) is 66.8 Å². The van der Waals surface area contributed by atoms with E-state index in [0.29, 0.717) is 17.5 Å². The molecule has 1 aliphatic rings. The number of benzene rings is 6. The second kappa shape index (κ2) is 10.2. The van der Waals surface area contributed by atoms with Gasteiger partial charge in [-0.25, -0.2) is 15.0 Å². The number of aryl methyl sites for hydroxylation is 1. The van der Waals surface area contributed by atoms with Crippen LogP contribution in [-0.2, 0) is 6.42 Å². The molecule has 198 valence electrons. The van der Waals surface area contributed by atoms with Crippen molar-refractivity contribution in [2.75, 3.05) is 0 Å². The molecule has 0 saturated heterocycles. The van der Waals surface area contributed by atoms with Gasteiger partial charge in [-0.1, -0.05) is 115 Å². The van der Waals surface area contributed by atoms with Crippen LogP contribution in [0.4, 0.5) is 5.69 Å². The van der Waals surface area contributed by atoms with E-state index in [1.165, 1.54) is 16.3 Å². The fourth-order valence-electron chi connectivity index (χ4n) is 5.77. The van der Waals surface area contributed by atoms with Crippen LogP contribution in [0.5, 0.6) is 0 Å². The molecular formula is C38H26N4. The van der Waals surface area contributed by atoms with Gasteiger partial charge >= 0.3 is 0 Å². The third kappa shape index (κ3) is 4.43. The molecule has 7 aromatic rings. The minimum absolute atomic E-state index is 0.649. The number of aliphatic imine (C=N–C) groups is 1. The van der Waals surface area contributed by atoms with Gasteiger partial charge in [-0.15, -0.1) is 0 Å². The van der Waals surface area contributed by atoms with Gasteiger partial charge in [0.1, 0.15) is 0 Å². The van der Waals surface area contributed by atoms with Crippen LogP contribution in [-0.4, -0.2) is 21.2 Å². The van der Waals surface area contributed by atoms with E-state index in [4.69, 9.17) is 19.9 Å². The molecule has 0 unspecified atom stereocenters. The molecule has 8 rings (SSSR count). The maximum absolute atomic E-state index is 5.00. The fourth-order valence-corrected chi connectivity index (χ4v) is 5.77. The number of rotatable bonds is 4. The molecule has 4 nitrogen and oxygen atoms in total. The predicted molar refractivity (Wildman–Crippen MR) is 173 cm³/mol. The number of hydrogen-bond acceptors (Lipinski definition) is 4. The minimum Gasteiger partial charge on any atom is -0.260 e. The molecule has 1 aromatic heterocycles. The van der Waals surface area contributed by atoms with E-state index in [-0.39, 0.29) is 0 Å². The highest BCUT2D eigenvalue weighted by Crippen LogP contribution is 2.37. The first kappa shape index (κ1) is 24.3. The average molecular weight is 539 g/mol. The summed E-state index contributed by atoms with van der Waals surface area (Å²) < 4.78 is 0. The summed E-state index contributed by atoms with van der Waals surface area (Å²) >= 11 is 0. The molecule has 0 fully saturated rings. The van der Waals surface area contributed by atoms with Crippen LogP contribution in [0, 0.1) is 0 Å². The van der Waals surface area contributed by atoms with Gasteiger partial charge in [0, 0.05) is 28.5 Å². The number of hydrogen-bond donors (Lipinski definition) is 0. The second-order valence-electron chi connectivity index (χ2n) is 10.7. The van der Waals surface area contributed by atoms with Gasteiger partial charge in [-0.05, 0) is 57.6 Å². The Morgan fingerprint density at radius 1 is 0.429 bits per heavy atom. The summed E-state index contributed by atoms with van der Waals surface area (Å²) in [5.74, 6) is 1.96. The maximum atomic E-state index is 5.00. The topological polar surface area (TPSA) is 51.0 Å². The largest absolute Gasteiger partial charge is 0.260 e. The average Bonchev–Trinajstić information content (AvgIpc) is 3.07. The van der Waals surface area contributed by atoms with Crippen LogP contribution in [0.1, 0.15) is 12.0 Å². The zero-order chi connectivity index (χ0) is 27.9. The lowest BCUT2D eigenvalue weighted by Crippen LogP contribution is -2.00. The van der Waals surface area contributed by atoms with Gasteiger partial charge in [-0.3, -0.25) is 4.99 Å². The summed E-state index contributed by atoms with van der Waals surface area (Å²) in [6.07, 6.45) is 4.05. The fraction of sp³-hybridized carbons (Fsp3) is 0.0526. The standard InChI is InChI=1S/C38H26N4/c1-3-9-30-23-32(20-14-25(30)7-1)37-40-36(41-38(42-37)33-21-15-26-8-2-4-10-31(26)24-33)29-18-16-27(17-19-29)34-13-5-11-28-12-6-22-39-35(28)34/h1-5,7-11,13-24H,6,12H2. The van der Waals surface area contributed by atoms with Crippen LogP contribution in [0.2, 0.25) is 0 Å². The van der Waals surface area contributed by atoms with Gasteiger partial charge in [0.05, 0.1) is 5.69 Å². The first-order chi connectivity index (χ1) is 20.8. The molecule has 0 amide bonds. The van der Waals surface area contributed by atoms with Crippen molar-refractivity contribution in [1.82, 2.24) is 15.0 Å². The van der Waals surface area contributed by atoms with Crippen LogP contribution in [0.15, 0.2) is 132 Å². The van der Waals surface area contributed by atoms with E-state index in [1.807, 2.05) is 6.21 Å². The second-order valence-corrected chi connectivity index (χ2v) is 10.7. The summed E-state index contributed by atoms with van der Waals surface area (Å²) in [5, 5.41) is 4.69. The Labute approximate surface area is 244 Å². The van der Waals surface area contributed by atoms with Gasteiger partial charge in [-0.2, -0.15) is 0 Å². The number of para-hydroxylation sites is 1. The Morgan fingerprint density at radius 3 is 1.57 bits per heavy atom. The summed E-state index contributed by atoms with van der Waals surface area (Å²) in [6, 6.07) is 44.4. The Balaban J connectivity index is 1.26. The van der Waals surface area contributed by atoms with Crippen molar-refractivity contribution < 1.29 is 0 Å². The Bertz CT molecular complexity index is 2050. The van der Waals surface area contributed by atoms with Crippen molar-refractivity contribution in [2.24, 2.45) is 4.99 Å². The van der Waals surface area contributed by atoms with Crippen molar-refractivity contribution in [3.63, 3.8) is 0 Å². The predicted octanol–water partition coefficient (Wildman–Crippen LogP) is 9.49. The van der Waals surface area contributed by atoms with Gasteiger partial charge < -0.3 is 0 Å². The summed E-state index contributed by atoms with van der Waals surface area (Å²) in [5.41, 5.74) is 7.53. The summed E-state index contributed by atoms with van der Waals surface area (Å²) in [6.45, 7) is 0. The van der Waals surface area contributed by atoms with E-state index < -0.39 is 0 Å². The van der Waals surface area contributed by atoms with Crippen molar-refractivity contribution in [2.45, 2.75) is 12.8 Å². The quantitative estimate of drug-likeness (QED) is 0.224. The summed E-state index contributed by atoms with van der Waals surface area (Å²) in [4.78, 5) is 19.7. The zero-order valence-electron chi connectivity index (χ0n) is 22.9. The van der Waals surface area contributed by atoms with Crippen molar-refractivity contribution in [3.05, 3.63) is 133 Å². The molecule has 2 heterocycles. The SMILES string of the molecule is C1=Nc2c(cccc2-c2ccc(-c3nc(-c4ccc5ccccc5c4)nc(-c4ccc5ccccc5c4)n3)cc2)CC1. The Morgan fingerprint density at radius 2 is 0.952 bits per heavy atom. The van der Waals surface area contributed by atoms with Crippen molar-refractivity contribution in [3.8, 4) is 45.3 Å². The molecule has 0 atom stereocenters. The Kier molecular flexibility index (Phi) is 5.89. The number of fused-ring (bicyclic) bond motifs is 3. The van der Waals surface area contributed by atoms with Crippen molar-refractivity contribution in [1.29, 1.82) is 0 Å². The highest BCUT2D eigenvalue weighted by atomic mass is 15.0. The molecule has 1 aliphatic heterocycles. The van der Waals surface area contributed by atoms with E-state index in [2.05, 4.69) is 127 Å². The number of aromatic nitrogens is 3. The molecule has 4 heteroatoms. The van der Waals surface area contributed by atoms with Gasteiger partial charge in [0.15, 0.2) is 17.5 Å². The molecule has 6 aromatic carbocycles. The lowest BCUT2D eigenvalue weighted by atomic mass is 9.96. The highest BCUT2D eigenvalue weighted by molar-refractivity contribution is 5.88. The van der Waals surface area contributed by atoms with E-state index >= 15 is 0 Å². The minimum atomic E-state index is 0.649. The van der Waals surface area contributed by atoms with Gasteiger partial charge in [0.2, 0.25) is 0 Å². The number of nitrogens with zero attached hydrogens (tertiary/aromatic N) is 4. The molecule has 0 N–H and O–H groups in total. The first-order valence-corrected chi connectivity index (χ1v) is 14.3. The molecule has 0 aliphatic carbocycles. The van der Waals surface area contributed by atoms with Crippen LogP contribution in [0.3, 0.4) is 0 Å². The summed E-state index contributed by atoms with van der Waals surface area (Å²) in [7, 11) is 0. The highest BCUT2D eigenvalue weighted by Gasteiger charge is 2.15. The normalized spacial score (nSPS) is 12.5.